The Kier molecular flexibility index (Phi) is 3.54. The van der Waals surface area contributed by atoms with Gasteiger partial charge in [-0.1, -0.05) is 0 Å². The first-order chi connectivity index (χ1) is 11.8. The molecule has 0 aliphatic carbocycles. The van der Waals surface area contributed by atoms with Gasteiger partial charge in [-0.3, -0.25) is 9.36 Å². The van der Waals surface area contributed by atoms with E-state index in [0.717, 1.165) is 0 Å². The number of fused-ring (bicyclic) bond motifs is 1. The quantitative estimate of drug-likeness (QED) is 0.788. The second-order valence-corrected chi connectivity index (χ2v) is 5.06. The minimum atomic E-state index is -0.351. The predicted octanol–water partition coefficient (Wildman–Crippen LogP) is 1.69. The highest BCUT2D eigenvalue weighted by molar-refractivity contribution is 6.02. The summed E-state index contributed by atoms with van der Waals surface area (Å²) in [6.07, 6.45) is 5.00. The van der Waals surface area contributed by atoms with Crippen molar-refractivity contribution in [2.75, 3.05) is 18.5 Å². The summed E-state index contributed by atoms with van der Waals surface area (Å²) >= 11 is 0. The number of nitrogens with zero attached hydrogens (tertiary/aromatic N) is 4. The first kappa shape index (κ1) is 14.2. The second kappa shape index (κ2) is 5.99. The highest BCUT2D eigenvalue weighted by atomic mass is 16.6. The first-order valence-corrected chi connectivity index (χ1v) is 7.33. The van der Waals surface area contributed by atoms with E-state index in [1.807, 2.05) is 0 Å². The van der Waals surface area contributed by atoms with Gasteiger partial charge in [-0.15, -0.1) is 10.2 Å². The van der Waals surface area contributed by atoms with Crippen LogP contribution in [-0.2, 0) is 0 Å². The lowest BCUT2D eigenvalue weighted by Crippen LogP contribution is -2.17. The van der Waals surface area contributed by atoms with E-state index < -0.39 is 0 Å². The van der Waals surface area contributed by atoms with Crippen molar-refractivity contribution >= 4 is 11.6 Å². The molecule has 2 aromatic heterocycles. The van der Waals surface area contributed by atoms with Crippen LogP contribution < -0.4 is 14.8 Å². The molecule has 4 rings (SSSR count). The van der Waals surface area contributed by atoms with Crippen LogP contribution in [0.1, 0.15) is 10.5 Å². The molecule has 24 heavy (non-hydrogen) atoms. The monoisotopic (exact) mass is 323 g/mol. The number of nitrogens with one attached hydrogen (secondary N) is 1. The molecule has 8 heteroatoms. The molecule has 1 aliphatic heterocycles. The van der Waals surface area contributed by atoms with E-state index in [-0.39, 0.29) is 11.6 Å². The van der Waals surface area contributed by atoms with E-state index in [9.17, 15) is 4.79 Å². The molecule has 120 valence electrons. The maximum Gasteiger partial charge on any atom is 0.276 e. The summed E-state index contributed by atoms with van der Waals surface area (Å²) in [5.74, 6) is 1.52. The highest BCUT2D eigenvalue weighted by Gasteiger charge is 2.14. The second-order valence-electron chi connectivity index (χ2n) is 5.06. The Morgan fingerprint density at radius 1 is 1.08 bits per heavy atom. The van der Waals surface area contributed by atoms with E-state index in [1.165, 1.54) is 0 Å². The summed E-state index contributed by atoms with van der Waals surface area (Å²) in [6, 6.07) is 8.54. The average Bonchev–Trinajstić information content (AvgIpc) is 3.16. The fourth-order valence-electron chi connectivity index (χ4n) is 2.29. The maximum absolute atomic E-state index is 12.3. The Labute approximate surface area is 137 Å². The van der Waals surface area contributed by atoms with E-state index in [2.05, 4.69) is 20.5 Å². The number of imidazole rings is 1. The topological polar surface area (TPSA) is 91.2 Å². The van der Waals surface area contributed by atoms with Gasteiger partial charge in [0.15, 0.2) is 23.0 Å². The minimum absolute atomic E-state index is 0.216. The molecule has 3 aromatic rings. The van der Waals surface area contributed by atoms with Gasteiger partial charge in [-0.05, 0) is 24.3 Å². The molecule has 3 heterocycles. The summed E-state index contributed by atoms with van der Waals surface area (Å²) in [4.78, 5) is 16.2. The number of anilines is 1. The largest absolute Gasteiger partial charge is 0.486 e. The van der Waals surface area contributed by atoms with Crippen LogP contribution in [0.2, 0.25) is 0 Å². The lowest BCUT2D eigenvalue weighted by molar-refractivity contribution is 0.102. The van der Waals surface area contributed by atoms with E-state index in [4.69, 9.17) is 9.47 Å². The van der Waals surface area contributed by atoms with Crippen LogP contribution in [0.25, 0.3) is 5.82 Å². The van der Waals surface area contributed by atoms with E-state index in [0.29, 0.717) is 36.2 Å². The number of hydrogen-bond acceptors (Lipinski definition) is 6. The molecule has 0 radical (unpaired) electrons. The Bertz CT molecular complexity index is 862. The number of rotatable bonds is 3. The molecular formula is C16H13N5O3. The predicted molar refractivity (Wildman–Crippen MR) is 84.5 cm³/mol. The van der Waals surface area contributed by atoms with Crippen molar-refractivity contribution in [3.8, 4) is 17.3 Å². The third-order valence-electron chi connectivity index (χ3n) is 3.45. The van der Waals surface area contributed by atoms with Crippen LogP contribution in [0.3, 0.4) is 0 Å². The van der Waals surface area contributed by atoms with Gasteiger partial charge < -0.3 is 14.8 Å². The third kappa shape index (κ3) is 2.76. The van der Waals surface area contributed by atoms with Crippen molar-refractivity contribution in [3.63, 3.8) is 0 Å². The summed E-state index contributed by atoms with van der Waals surface area (Å²) < 4.78 is 12.6. The van der Waals surface area contributed by atoms with E-state index >= 15 is 0 Å². The van der Waals surface area contributed by atoms with Gasteiger partial charge in [-0.25, -0.2) is 4.98 Å². The Balaban J connectivity index is 1.50. The van der Waals surface area contributed by atoms with Gasteiger partial charge in [0.25, 0.3) is 5.91 Å². The van der Waals surface area contributed by atoms with Crippen LogP contribution in [0.15, 0.2) is 49.1 Å². The third-order valence-corrected chi connectivity index (χ3v) is 3.45. The number of ether oxygens (including phenoxy) is 2. The van der Waals surface area contributed by atoms with Crippen LogP contribution in [0, 0.1) is 0 Å². The number of aromatic nitrogens is 4. The van der Waals surface area contributed by atoms with Gasteiger partial charge in [0.2, 0.25) is 0 Å². The molecule has 0 saturated heterocycles. The zero-order valence-electron chi connectivity index (χ0n) is 12.5. The molecule has 0 fully saturated rings. The number of carbonyl (C=O) groups excluding carboxylic acids is 1. The molecule has 1 N–H and O–H groups in total. The molecule has 1 amide bonds. The molecule has 0 spiro atoms. The summed E-state index contributed by atoms with van der Waals surface area (Å²) in [5, 5.41) is 10.7. The molecule has 0 atom stereocenters. The van der Waals surface area contributed by atoms with Crippen LogP contribution in [0.4, 0.5) is 5.69 Å². The smallest absolute Gasteiger partial charge is 0.276 e. The van der Waals surface area contributed by atoms with Crippen LogP contribution in [0.5, 0.6) is 11.5 Å². The van der Waals surface area contributed by atoms with Crippen molar-refractivity contribution in [2.24, 2.45) is 0 Å². The maximum atomic E-state index is 12.3. The zero-order valence-corrected chi connectivity index (χ0v) is 12.5. The summed E-state index contributed by atoms with van der Waals surface area (Å²) in [5.41, 5.74) is 0.818. The van der Waals surface area contributed by atoms with Crippen molar-refractivity contribution in [2.45, 2.75) is 0 Å². The van der Waals surface area contributed by atoms with Gasteiger partial charge in [-0.2, -0.15) is 0 Å². The Morgan fingerprint density at radius 3 is 2.71 bits per heavy atom. The normalized spacial score (nSPS) is 12.7. The van der Waals surface area contributed by atoms with E-state index in [1.54, 1.807) is 53.6 Å². The summed E-state index contributed by atoms with van der Waals surface area (Å²) in [6.45, 7) is 1.02. The van der Waals surface area contributed by atoms with Gasteiger partial charge in [0, 0.05) is 24.1 Å². The number of hydrogen-bond donors (Lipinski definition) is 1. The first-order valence-electron chi connectivity index (χ1n) is 7.33. The van der Waals surface area contributed by atoms with Crippen molar-refractivity contribution in [3.05, 3.63) is 54.7 Å². The SMILES string of the molecule is O=C(Nc1ccc2c(c1)OCCO2)c1ccc(-n2ccnc2)nn1. The molecule has 0 saturated carbocycles. The fraction of sp³-hybridized carbons (Fsp3) is 0.125. The average molecular weight is 323 g/mol. The molecule has 8 nitrogen and oxygen atoms in total. The number of benzene rings is 1. The molecule has 0 bridgehead atoms. The molecular weight excluding hydrogens is 310 g/mol. The lowest BCUT2D eigenvalue weighted by Gasteiger charge is -2.18. The molecule has 1 aromatic carbocycles. The zero-order chi connectivity index (χ0) is 16.4. The number of amides is 1. The minimum Gasteiger partial charge on any atom is -0.486 e. The van der Waals surface area contributed by atoms with Crippen molar-refractivity contribution in [1.82, 2.24) is 19.7 Å². The fourth-order valence-corrected chi connectivity index (χ4v) is 2.29. The molecule has 0 unspecified atom stereocenters. The van der Waals surface area contributed by atoms with Crippen LogP contribution >= 0.6 is 0 Å². The van der Waals surface area contributed by atoms with Gasteiger partial charge >= 0.3 is 0 Å². The van der Waals surface area contributed by atoms with Crippen molar-refractivity contribution in [1.29, 1.82) is 0 Å². The van der Waals surface area contributed by atoms with Crippen molar-refractivity contribution < 1.29 is 14.3 Å². The van der Waals surface area contributed by atoms with Gasteiger partial charge in [0.05, 0.1) is 0 Å². The number of carbonyl (C=O) groups is 1. The Morgan fingerprint density at radius 2 is 1.96 bits per heavy atom. The van der Waals surface area contributed by atoms with Gasteiger partial charge in [0.1, 0.15) is 19.5 Å². The lowest BCUT2D eigenvalue weighted by atomic mass is 10.2. The van der Waals surface area contributed by atoms with Crippen LogP contribution in [-0.4, -0.2) is 38.9 Å². The Hall–Kier alpha value is -3.42. The standard InChI is InChI=1S/C16H13N5O3/c22-16(12-2-4-15(20-19-12)21-6-5-17-10-21)18-11-1-3-13-14(9-11)24-8-7-23-13/h1-6,9-10H,7-8H2,(H,18,22). The highest BCUT2D eigenvalue weighted by Crippen LogP contribution is 2.32. The molecule has 1 aliphatic rings. The summed E-state index contributed by atoms with van der Waals surface area (Å²) in [7, 11) is 0.